The molecule has 8 nitrogen and oxygen atoms in total. The van der Waals surface area contributed by atoms with Gasteiger partial charge in [0.1, 0.15) is 6.61 Å². The third-order valence-electron chi connectivity index (χ3n) is 6.35. The van der Waals surface area contributed by atoms with Crippen LogP contribution in [0.4, 0.5) is 0 Å². The number of nitrogens with two attached hydrogens (primary N) is 1. The van der Waals surface area contributed by atoms with E-state index < -0.39 is 0 Å². The first kappa shape index (κ1) is 23.3. The summed E-state index contributed by atoms with van der Waals surface area (Å²) in [7, 11) is 0. The first-order valence-electron chi connectivity index (χ1n) is 11.9. The highest BCUT2D eigenvalue weighted by molar-refractivity contribution is 5.98. The number of likely N-dealkylation sites (tertiary alicyclic amines) is 1. The SMILES string of the molecule is C/C(=N\OCc1cccc(-c2ccccc2)c1)c1ccc(-c2noc([C@@H]3CCN(C(=N)N)C3)n2)cc1. The molecule has 1 aliphatic heterocycles. The normalized spacial score (nSPS) is 15.8. The molecule has 8 heteroatoms. The fourth-order valence-electron chi connectivity index (χ4n) is 4.29. The smallest absolute Gasteiger partial charge is 0.231 e. The van der Waals surface area contributed by atoms with Gasteiger partial charge in [-0.3, -0.25) is 5.41 Å². The van der Waals surface area contributed by atoms with E-state index in [1.165, 1.54) is 5.56 Å². The number of rotatable bonds is 7. The molecule has 2 heterocycles. The molecule has 0 saturated carbocycles. The lowest BCUT2D eigenvalue weighted by Gasteiger charge is -2.14. The molecule has 0 spiro atoms. The quantitative estimate of drug-likeness (QED) is 0.218. The molecule has 5 rings (SSSR count). The Kier molecular flexibility index (Phi) is 6.75. The van der Waals surface area contributed by atoms with E-state index >= 15 is 0 Å². The number of benzene rings is 3. The van der Waals surface area contributed by atoms with Crippen LogP contribution >= 0.6 is 0 Å². The Morgan fingerprint density at radius 1 is 1.06 bits per heavy atom. The van der Waals surface area contributed by atoms with E-state index in [-0.39, 0.29) is 11.9 Å². The van der Waals surface area contributed by atoms with E-state index in [0.717, 1.165) is 40.9 Å². The van der Waals surface area contributed by atoms with Crippen LogP contribution in [0.1, 0.15) is 36.3 Å². The van der Waals surface area contributed by atoms with Gasteiger partial charge < -0.3 is 20.0 Å². The largest absolute Gasteiger partial charge is 0.391 e. The van der Waals surface area contributed by atoms with Crippen molar-refractivity contribution in [3.8, 4) is 22.5 Å². The first-order valence-corrected chi connectivity index (χ1v) is 11.9. The van der Waals surface area contributed by atoms with Crippen LogP contribution in [0.2, 0.25) is 0 Å². The van der Waals surface area contributed by atoms with Gasteiger partial charge in [0.05, 0.1) is 11.6 Å². The van der Waals surface area contributed by atoms with E-state index in [9.17, 15) is 0 Å². The minimum atomic E-state index is 0.0783. The Labute approximate surface area is 209 Å². The fraction of sp³-hybridized carbons (Fsp3) is 0.214. The predicted molar refractivity (Wildman–Crippen MR) is 139 cm³/mol. The molecule has 3 aromatic carbocycles. The number of hydrogen-bond acceptors (Lipinski definition) is 6. The summed E-state index contributed by atoms with van der Waals surface area (Å²) in [5.41, 5.74) is 11.6. The molecule has 182 valence electrons. The summed E-state index contributed by atoms with van der Waals surface area (Å²) in [6, 6.07) is 26.4. The second-order valence-corrected chi connectivity index (χ2v) is 8.87. The number of nitrogens with one attached hydrogen (secondary N) is 1. The summed E-state index contributed by atoms with van der Waals surface area (Å²) in [6.45, 7) is 3.67. The average Bonchev–Trinajstić information content (AvgIpc) is 3.60. The second kappa shape index (κ2) is 10.4. The number of aromatic nitrogens is 2. The molecular weight excluding hydrogens is 452 g/mol. The van der Waals surface area contributed by atoms with E-state index in [1.54, 1.807) is 0 Å². The van der Waals surface area contributed by atoms with Crippen LogP contribution in [-0.2, 0) is 11.4 Å². The highest BCUT2D eigenvalue weighted by Crippen LogP contribution is 2.27. The molecule has 0 unspecified atom stereocenters. The van der Waals surface area contributed by atoms with Gasteiger partial charge in [-0.05, 0) is 41.7 Å². The summed E-state index contributed by atoms with van der Waals surface area (Å²) >= 11 is 0. The van der Waals surface area contributed by atoms with Crippen molar-refractivity contribution in [1.29, 1.82) is 5.41 Å². The number of hydrogen-bond donors (Lipinski definition) is 2. The highest BCUT2D eigenvalue weighted by atomic mass is 16.6. The van der Waals surface area contributed by atoms with Crippen molar-refractivity contribution in [3.63, 3.8) is 0 Å². The molecule has 1 fully saturated rings. The lowest BCUT2D eigenvalue weighted by atomic mass is 10.0. The Morgan fingerprint density at radius 3 is 2.58 bits per heavy atom. The van der Waals surface area contributed by atoms with E-state index in [0.29, 0.717) is 24.9 Å². The minimum absolute atomic E-state index is 0.0783. The van der Waals surface area contributed by atoms with E-state index in [2.05, 4.69) is 39.6 Å². The third-order valence-corrected chi connectivity index (χ3v) is 6.35. The standard InChI is InChI=1S/C28H28N6O2/c1-19(32-35-18-20-6-5-9-24(16-20)22-7-3-2-4-8-22)21-10-12-23(13-11-21)26-31-27(36-33-26)25-14-15-34(17-25)28(29)30/h2-13,16,25H,14-15,17-18H2,1H3,(H3,29,30)/b32-19+/t25-/m1/s1. The van der Waals surface area contributed by atoms with Gasteiger partial charge in [0, 0.05) is 18.7 Å². The van der Waals surface area contributed by atoms with Crippen molar-refractivity contribution in [2.45, 2.75) is 25.9 Å². The zero-order chi connectivity index (χ0) is 24.9. The van der Waals surface area contributed by atoms with Gasteiger partial charge in [-0.15, -0.1) is 0 Å². The maximum absolute atomic E-state index is 7.58. The lowest BCUT2D eigenvalue weighted by molar-refractivity contribution is 0.130. The van der Waals surface area contributed by atoms with Gasteiger partial charge in [-0.1, -0.05) is 83.1 Å². The Bertz CT molecular complexity index is 1360. The Balaban J connectivity index is 1.19. The minimum Gasteiger partial charge on any atom is -0.391 e. The molecule has 1 aromatic heterocycles. The van der Waals surface area contributed by atoms with E-state index in [4.69, 9.17) is 20.5 Å². The summed E-state index contributed by atoms with van der Waals surface area (Å²) in [5.74, 6) is 1.30. The Hall–Kier alpha value is -4.46. The first-order chi connectivity index (χ1) is 17.6. The van der Waals surface area contributed by atoms with Crippen molar-refractivity contribution in [3.05, 3.63) is 95.9 Å². The van der Waals surface area contributed by atoms with Crippen molar-refractivity contribution in [2.24, 2.45) is 10.9 Å². The van der Waals surface area contributed by atoms with Crippen molar-refractivity contribution in [1.82, 2.24) is 15.0 Å². The summed E-state index contributed by atoms with van der Waals surface area (Å²) in [5, 5.41) is 16.0. The molecule has 1 saturated heterocycles. The maximum atomic E-state index is 7.58. The average molecular weight is 481 g/mol. The van der Waals surface area contributed by atoms with Crippen LogP contribution < -0.4 is 5.73 Å². The highest BCUT2D eigenvalue weighted by Gasteiger charge is 2.29. The van der Waals surface area contributed by atoms with Crippen LogP contribution in [0.25, 0.3) is 22.5 Å². The Morgan fingerprint density at radius 2 is 1.83 bits per heavy atom. The van der Waals surface area contributed by atoms with Crippen LogP contribution in [0, 0.1) is 5.41 Å². The summed E-state index contributed by atoms with van der Waals surface area (Å²) in [6.07, 6.45) is 0.840. The topological polar surface area (TPSA) is 114 Å². The van der Waals surface area contributed by atoms with Crippen LogP contribution in [-0.4, -0.2) is 39.8 Å². The fourth-order valence-corrected chi connectivity index (χ4v) is 4.29. The number of oxime groups is 1. The molecule has 1 aliphatic rings. The van der Waals surface area contributed by atoms with E-state index in [1.807, 2.05) is 66.4 Å². The van der Waals surface area contributed by atoms with Gasteiger partial charge in [0.15, 0.2) is 5.96 Å². The molecule has 3 N–H and O–H groups in total. The van der Waals surface area contributed by atoms with Gasteiger partial charge >= 0.3 is 0 Å². The van der Waals surface area contributed by atoms with Crippen molar-refractivity contribution >= 4 is 11.7 Å². The summed E-state index contributed by atoms with van der Waals surface area (Å²) < 4.78 is 5.50. The molecule has 0 aliphatic carbocycles. The number of guanidine groups is 1. The van der Waals surface area contributed by atoms with Gasteiger partial charge in [-0.2, -0.15) is 4.98 Å². The van der Waals surface area contributed by atoms with Crippen LogP contribution in [0.15, 0.2) is 88.5 Å². The monoisotopic (exact) mass is 480 g/mol. The lowest BCUT2D eigenvalue weighted by Crippen LogP contribution is -2.34. The molecule has 36 heavy (non-hydrogen) atoms. The molecule has 0 amide bonds. The van der Waals surface area contributed by atoms with Crippen LogP contribution in [0.5, 0.6) is 0 Å². The van der Waals surface area contributed by atoms with Crippen molar-refractivity contribution in [2.75, 3.05) is 13.1 Å². The van der Waals surface area contributed by atoms with Crippen LogP contribution in [0.3, 0.4) is 0 Å². The molecule has 4 aromatic rings. The maximum Gasteiger partial charge on any atom is 0.231 e. The zero-order valence-corrected chi connectivity index (χ0v) is 20.1. The second-order valence-electron chi connectivity index (χ2n) is 8.87. The zero-order valence-electron chi connectivity index (χ0n) is 20.1. The molecular formula is C28H28N6O2. The van der Waals surface area contributed by atoms with Gasteiger partial charge in [-0.25, -0.2) is 0 Å². The molecule has 1 atom stereocenters. The van der Waals surface area contributed by atoms with Crippen molar-refractivity contribution < 1.29 is 9.36 Å². The third kappa shape index (κ3) is 5.27. The van der Waals surface area contributed by atoms with Gasteiger partial charge in [0.25, 0.3) is 0 Å². The number of nitrogens with zero attached hydrogens (tertiary/aromatic N) is 4. The summed E-state index contributed by atoms with van der Waals surface area (Å²) in [4.78, 5) is 12.0. The molecule has 0 bridgehead atoms. The predicted octanol–water partition coefficient (Wildman–Crippen LogP) is 5.03. The van der Waals surface area contributed by atoms with Gasteiger partial charge in [0.2, 0.25) is 11.7 Å². The molecule has 0 radical (unpaired) electrons.